The van der Waals surface area contributed by atoms with Crippen molar-refractivity contribution >= 4 is 11.8 Å². The number of nitrogens with zero attached hydrogens (tertiary/aromatic N) is 2. The maximum atomic E-state index is 12.1. The molecule has 6 heteroatoms. The van der Waals surface area contributed by atoms with Crippen LogP contribution in [0.3, 0.4) is 0 Å². The van der Waals surface area contributed by atoms with Crippen molar-refractivity contribution in [2.24, 2.45) is 0 Å². The van der Waals surface area contributed by atoms with Gasteiger partial charge in [-0.05, 0) is 31.4 Å². The molecule has 1 aliphatic carbocycles. The topological polar surface area (TPSA) is 66.5 Å². The standard InChI is InChI=1S/C16H22N4O2/c21-15(19-12-4-5-12)20-8-6-16(11-20)9-13(10-22-16)18-14-3-1-2-7-17-14/h1-3,7,12-13H,4-6,8-11H2,(H,17,18)(H,19,21)/t13-,16-/m1/s1. The van der Waals surface area contributed by atoms with E-state index in [1.54, 1.807) is 6.20 Å². The number of hydrogen-bond acceptors (Lipinski definition) is 4. The van der Waals surface area contributed by atoms with Crippen molar-refractivity contribution in [2.75, 3.05) is 25.0 Å². The molecule has 0 aromatic carbocycles. The first-order valence-corrected chi connectivity index (χ1v) is 8.09. The smallest absolute Gasteiger partial charge is 0.317 e. The summed E-state index contributed by atoms with van der Waals surface area (Å²) < 4.78 is 6.08. The molecular formula is C16H22N4O2. The van der Waals surface area contributed by atoms with E-state index in [1.807, 2.05) is 23.1 Å². The molecule has 118 valence electrons. The normalized spacial score (nSPS) is 30.7. The molecular weight excluding hydrogens is 280 g/mol. The number of likely N-dealkylation sites (tertiary alicyclic amines) is 1. The predicted octanol–water partition coefficient (Wildman–Crippen LogP) is 1.60. The van der Waals surface area contributed by atoms with Crippen LogP contribution in [0.25, 0.3) is 0 Å². The van der Waals surface area contributed by atoms with Crippen LogP contribution in [0, 0.1) is 0 Å². The van der Waals surface area contributed by atoms with E-state index in [-0.39, 0.29) is 17.7 Å². The molecule has 0 radical (unpaired) electrons. The maximum absolute atomic E-state index is 12.1. The Balaban J connectivity index is 1.33. The Morgan fingerprint density at radius 3 is 3.05 bits per heavy atom. The Kier molecular flexibility index (Phi) is 3.41. The summed E-state index contributed by atoms with van der Waals surface area (Å²) in [6, 6.07) is 6.60. The second-order valence-corrected chi connectivity index (χ2v) is 6.65. The van der Waals surface area contributed by atoms with Crippen LogP contribution in [-0.2, 0) is 4.74 Å². The number of urea groups is 1. The summed E-state index contributed by atoms with van der Waals surface area (Å²) in [4.78, 5) is 18.3. The highest BCUT2D eigenvalue weighted by molar-refractivity contribution is 5.75. The summed E-state index contributed by atoms with van der Waals surface area (Å²) in [6.45, 7) is 2.16. The zero-order valence-corrected chi connectivity index (χ0v) is 12.6. The molecule has 2 saturated heterocycles. The first-order chi connectivity index (χ1) is 10.7. The van der Waals surface area contributed by atoms with Gasteiger partial charge in [0.25, 0.3) is 0 Å². The van der Waals surface area contributed by atoms with Gasteiger partial charge in [-0.3, -0.25) is 0 Å². The summed E-state index contributed by atoms with van der Waals surface area (Å²) in [5, 5.41) is 6.48. The van der Waals surface area contributed by atoms with Gasteiger partial charge in [0.15, 0.2) is 0 Å². The molecule has 1 saturated carbocycles. The second kappa shape index (κ2) is 5.43. The number of carbonyl (C=O) groups excluding carboxylic acids is 1. The van der Waals surface area contributed by atoms with Crippen molar-refractivity contribution in [1.82, 2.24) is 15.2 Å². The van der Waals surface area contributed by atoms with Crippen molar-refractivity contribution in [1.29, 1.82) is 0 Å². The molecule has 2 N–H and O–H groups in total. The van der Waals surface area contributed by atoms with E-state index < -0.39 is 0 Å². The fourth-order valence-corrected chi connectivity index (χ4v) is 3.39. The third-order valence-electron chi connectivity index (χ3n) is 4.73. The molecule has 1 aromatic heterocycles. The number of pyridine rings is 1. The Morgan fingerprint density at radius 1 is 1.36 bits per heavy atom. The lowest BCUT2D eigenvalue weighted by Crippen LogP contribution is -2.42. The van der Waals surface area contributed by atoms with Gasteiger partial charge in [0, 0.05) is 25.2 Å². The number of hydrogen-bond donors (Lipinski definition) is 2. The Bertz CT molecular complexity index is 548. The number of aromatic nitrogens is 1. The van der Waals surface area contributed by atoms with Gasteiger partial charge in [0.2, 0.25) is 0 Å². The summed E-state index contributed by atoms with van der Waals surface area (Å²) >= 11 is 0. The molecule has 4 rings (SSSR count). The number of anilines is 1. The van der Waals surface area contributed by atoms with E-state index in [1.165, 1.54) is 0 Å². The monoisotopic (exact) mass is 302 g/mol. The number of amides is 2. The molecule has 2 aliphatic heterocycles. The van der Waals surface area contributed by atoms with E-state index in [0.717, 1.165) is 38.0 Å². The fourth-order valence-electron chi connectivity index (χ4n) is 3.39. The molecule has 3 aliphatic rings. The Morgan fingerprint density at radius 2 is 2.27 bits per heavy atom. The molecule has 0 bridgehead atoms. The molecule has 0 unspecified atom stereocenters. The highest BCUT2D eigenvalue weighted by Gasteiger charge is 2.47. The second-order valence-electron chi connectivity index (χ2n) is 6.65. The quantitative estimate of drug-likeness (QED) is 0.890. The lowest BCUT2D eigenvalue weighted by Gasteiger charge is -2.23. The van der Waals surface area contributed by atoms with Crippen molar-refractivity contribution in [3.05, 3.63) is 24.4 Å². The highest BCUT2D eigenvalue weighted by atomic mass is 16.5. The van der Waals surface area contributed by atoms with Gasteiger partial charge in [-0.1, -0.05) is 6.07 Å². The number of ether oxygens (including phenoxy) is 1. The van der Waals surface area contributed by atoms with E-state index in [0.29, 0.717) is 19.2 Å². The van der Waals surface area contributed by atoms with Gasteiger partial charge >= 0.3 is 6.03 Å². The number of nitrogens with one attached hydrogen (secondary N) is 2. The first kappa shape index (κ1) is 13.8. The fraction of sp³-hybridized carbons (Fsp3) is 0.625. The van der Waals surface area contributed by atoms with Crippen LogP contribution in [0.4, 0.5) is 10.6 Å². The molecule has 1 spiro atoms. The van der Waals surface area contributed by atoms with E-state index in [9.17, 15) is 4.79 Å². The van der Waals surface area contributed by atoms with E-state index >= 15 is 0 Å². The van der Waals surface area contributed by atoms with Gasteiger partial charge in [0.1, 0.15) is 5.82 Å². The SMILES string of the molecule is O=C(NC1CC1)N1CC[C@@]2(C[C@@H](Nc3ccccn3)CO2)C1. The number of rotatable bonds is 3. The van der Waals surface area contributed by atoms with E-state index in [4.69, 9.17) is 4.74 Å². The third kappa shape index (κ3) is 2.88. The van der Waals surface area contributed by atoms with Crippen LogP contribution < -0.4 is 10.6 Å². The van der Waals surface area contributed by atoms with Gasteiger partial charge in [-0.25, -0.2) is 9.78 Å². The first-order valence-electron chi connectivity index (χ1n) is 8.09. The third-order valence-corrected chi connectivity index (χ3v) is 4.73. The summed E-state index contributed by atoms with van der Waals surface area (Å²) in [5.74, 6) is 0.884. The molecule has 2 atom stereocenters. The Hall–Kier alpha value is -1.82. The molecule has 2 amide bonds. The van der Waals surface area contributed by atoms with Crippen LogP contribution in [0.5, 0.6) is 0 Å². The van der Waals surface area contributed by atoms with Crippen molar-refractivity contribution in [2.45, 2.75) is 43.4 Å². The summed E-state index contributed by atoms with van der Waals surface area (Å²) in [6.07, 6.45) is 5.88. The average Bonchev–Trinajstić information content (AvgIpc) is 3.11. The van der Waals surface area contributed by atoms with Crippen molar-refractivity contribution in [3.63, 3.8) is 0 Å². The van der Waals surface area contributed by atoms with Gasteiger partial charge < -0.3 is 20.3 Å². The van der Waals surface area contributed by atoms with Crippen LogP contribution in [0.15, 0.2) is 24.4 Å². The lowest BCUT2D eigenvalue weighted by atomic mass is 9.97. The summed E-state index contributed by atoms with van der Waals surface area (Å²) in [5.41, 5.74) is -0.173. The van der Waals surface area contributed by atoms with Gasteiger partial charge in [-0.2, -0.15) is 0 Å². The lowest BCUT2D eigenvalue weighted by molar-refractivity contribution is 0.0150. The van der Waals surface area contributed by atoms with E-state index in [2.05, 4.69) is 15.6 Å². The molecule has 1 aromatic rings. The zero-order valence-electron chi connectivity index (χ0n) is 12.6. The van der Waals surface area contributed by atoms with Crippen molar-refractivity contribution in [3.8, 4) is 0 Å². The molecule has 3 fully saturated rings. The number of carbonyl (C=O) groups is 1. The van der Waals surface area contributed by atoms with Gasteiger partial charge in [0.05, 0.1) is 24.8 Å². The molecule has 3 heterocycles. The van der Waals surface area contributed by atoms with Gasteiger partial charge in [-0.15, -0.1) is 0 Å². The average molecular weight is 302 g/mol. The molecule has 22 heavy (non-hydrogen) atoms. The van der Waals surface area contributed by atoms with Crippen LogP contribution in [-0.4, -0.2) is 53.3 Å². The minimum Gasteiger partial charge on any atom is -0.371 e. The zero-order chi connectivity index (χ0) is 15.0. The van der Waals surface area contributed by atoms with Crippen LogP contribution in [0.2, 0.25) is 0 Å². The molecule has 6 nitrogen and oxygen atoms in total. The van der Waals surface area contributed by atoms with Crippen molar-refractivity contribution < 1.29 is 9.53 Å². The maximum Gasteiger partial charge on any atom is 0.317 e. The minimum absolute atomic E-state index is 0.0733. The predicted molar refractivity (Wildman–Crippen MR) is 82.7 cm³/mol. The highest BCUT2D eigenvalue weighted by Crippen LogP contribution is 2.36. The summed E-state index contributed by atoms with van der Waals surface area (Å²) in [7, 11) is 0. The Labute approximate surface area is 130 Å². The largest absolute Gasteiger partial charge is 0.371 e. The minimum atomic E-state index is -0.173. The van der Waals surface area contributed by atoms with Crippen LogP contribution >= 0.6 is 0 Å². The van der Waals surface area contributed by atoms with Crippen LogP contribution in [0.1, 0.15) is 25.7 Å².